The van der Waals surface area contributed by atoms with Gasteiger partial charge in [-0.3, -0.25) is 4.79 Å². The van der Waals surface area contributed by atoms with E-state index in [1.165, 1.54) is 24.3 Å². The molecular weight excluding hydrogens is 707 g/mol. The van der Waals surface area contributed by atoms with Gasteiger partial charge in [-0.25, -0.2) is 0 Å². The van der Waals surface area contributed by atoms with Crippen LogP contribution < -0.4 is 0 Å². The van der Waals surface area contributed by atoms with Gasteiger partial charge in [0.2, 0.25) is 0 Å². The molecule has 0 aliphatic heterocycles. The van der Waals surface area contributed by atoms with E-state index in [0.717, 1.165) is 31.9 Å². The van der Waals surface area contributed by atoms with E-state index >= 15 is 0 Å². The SMILES string of the molecule is CCC(CC)C(=O)/C=C(\O)C(CC)CC.[2H]C([2H])([2H])c1cnc(-c2[c-]cccc2)cc1-c1c(C([2H])([2H])[2H])cc(-c2ccccc2)cc1C([2H])([2H])[2H].[Ir]. The first-order valence-corrected chi connectivity index (χ1v) is 14.5. The molecule has 0 fully saturated rings. The number of hydrogen-bond donors (Lipinski definition) is 1. The summed E-state index contributed by atoms with van der Waals surface area (Å²) in [5.74, 6) is 0.547. The fraction of sp³-hybridized carbons (Fsp3) is 0.333. The second-order valence-corrected chi connectivity index (χ2v) is 10.2. The van der Waals surface area contributed by atoms with Crippen LogP contribution in [0.25, 0.3) is 33.5 Å². The molecule has 0 aliphatic carbocycles. The number of ketones is 1. The van der Waals surface area contributed by atoms with Crippen LogP contribution in [0.1, 0.15) is 82.4 Å². The third-order valence-corrected chi connectivity index (χ3v) is 7.49. The molecule has 0 aliphatic rings. The van der Waals surface area contributed by atoms with E-state index in [1.54, 1.807) is 54.6 Å². The van der Waals surface area contributed by atoms with Crippen LogP contribution in [-0.4, -0.2) is 15.9 Å². The van der Waals surface area contributed by atoms with E-state index < -0.39 is 20.6 Å². The van der Waals surface area contributed by atoms with Gasteiger partial charge in [0.05, 0.1) is 5.76 Å². The quantitative estimate of drug-likeness (QED) is 0.0995. The number of carbonyl (C=O) groups is 1. The Kier molecular flexibility index (Phi) is 9.90. The number of pyridine rings is 1. The van der Waals surface area contributed by atoms with E-state index in [0.29, 0.717) is 22.4 Å². The van der Waals surface area contributed by atoms with E-state index in [1.807, 2.05) is 27.7 Å². The van der Waals surface area contributed by atoms with Crippen LogP contribution >= 0.6 is 0 Å². The van der Waals surface area contributed by atoms with Crippen molar-refractivity contribution in [3.05, 3.63) is 114 Å². The topological polar surface area (TPSA) is 50.2 Å². The zero-order chi connectivity index (χ0) is 38.1. The van der Waals surface area contributed by atoms with Crippen molar-refractivity contribution in [3.8, 4) is 33.5 Å². The van der Waals surface area contributed by atoms with Crippen molar-refractivity contribution >= 4 is 5.78 Å². The summed E-state index contributed by atoms with van der Waals surface area (Å²) in [5.41, 5.74) is 1.11. The maximum atomic E-state index is 11.7. The zero-order valence-corrected chi connectivity index (χ0v) is 27.6. The molecule has 0 spiro atoms. The number of nitrogens with zero attached hydrogens (tertiary/aromatic N) is 1. The van der Waals surface area contributed by atoms with Gasteiger partial charge < -0.3 is 10.1 Å². The molecule has 1 heterocycles. The van der Waals surface area contributed by atoms with E-state index in [-0.39, 0.29) is 71.3 Å². The van der Waals surface area contributed by atoms with Crippen molar-refractivity contribution in [1.29, 1.82) is 0 Å². The van der Waals surface area contributed by atoms with Crippen molar-refractivity contribution in [2.75, 3.05) is 0 Å². The molecule has 0 unspecified atom stereocenters. The summed E-state index contributed by atoms with van der Waals surface area (Å²) in [6.45, 7) is -0.0535. The third kappa shape index (κ3) is 9.58. The molecule has 1 radical (unpaired) electrons. The van der Waals surface area contributed by atoms with Crippen molar-refractivity contribution in [1.82, 2.24) is 4.98 Å². The maximum Gasteiger partial charge on any atom is 0.162 e. The van der Waals surface area contributed by atoms with E-state index in [9.17, 15) is 9.90 Å². The number of carbonyl (C=O) groups excluding carboxylic acids is 1. The second-order valence-electron chi connectivity index (χ2n) is 10.2. The van der Waals surface area contributed by atoms with Crippen molar-refractivity contribution in [2.24, 2.45) is 11.8 Å². The van der Waals surface area contributed by atoms with Crippen molar-refractivity contribution in [2.45, 2.75) is 73.9 Å². The second kappa shape index (κ2) is 17.7. The first kappa shape index (κ1) is 24.0. The van der Waals surface area contributed by atoms with Gasteiger partial charge in [-0.2, -0.15) is 0 Å². The van der Waals surface area contributed by atoms with Gasteiger partial charge in [0.25, 0.3) is 0 Å². The fourth-order valence-corrected chi connectivity index (χ4v) is 4.87. The number of aryl methyl sites for hydroxylation is 3. The molecule has 1 aromatic heterocycles. The smallest absolute Gasteiger partial charge is 0.162 e. The van der Waals surface area contributed by atoms with E-state index in [2.05, 4.69) is 11.1 Å². The van der Waals surface area contributed by atoms with Crippen LogP contribution in [0.2, 0.25) is 0 Å². The first-order valence-electron chi connectivity index (χ1n) is 19.0. The van der Waals surface area contributed by atoms with Gasteiger partial charge in [-0.05, 0) is 90.9 Å². The maximum absolute atomic E-state index is 11.7. The average molecular weight is 762 g/mol. The van der Waals surface area contributed by atoms with Gasteiger partial charge in [-0.1, -0.05) is 76.2 Å². The Morgan fingerprint density at radius 3 is 1.98 bits per heavy atom. The summed E-state index contributed by atoms with van der Waals surface area (Å²) >= 11 is 0. The zero-order valence-electron chi connectivity index (χ0n) is 34.2. The summed E-state index contributed by atoms with van der Waals surface area (Å²) in [6, 6.07) is 23.1. The van der Waals surface area contributed by atoms with Crippen molar-refractivity contribution in [3.63, 3.8) is 0 Å². The fourth-order valence-electron chi connectivity index (χ4n) is 4.87. The largest absolute Gasteiger partial charge is 0.512 e. The van der Waals surface area contributed by atoms with Crippen LogP contribution in [0.4, 0.5) is 0 Å². The monoisotopic (exact) mass is 762 g/mol. The number of aromatic nitrogens is 1. The first-order chi connectivity index (χ1) is 23.9. The number of allylic oxidation sites excluding steroid dienone is 2. The number of aliphatic hydroxyl groups excluding tert-OH is 1. The molecule has 0 saturated carbocycles. The Labute approximate surface area is 285 Å². The minimum absolute atomic E-state index is 0. The van der Waals surface area contributed by atoms with Gasteiger partial charge in [-0.15, -0.1) is 35.9 Å². The number of hydrogen-bond acceptors (Lipinski definition) is 3. The Balaban J connectivity index is 0.000000497. The summed E-state index contributed by atoms with van der Waals surface area (Å²) in [7, 11) is 0. The normalized spacial score (nSPS) is 15.1. The predicted octanol–water partition coefficient (Wildman–Crippen LogP) is 10.7. The minimum atomic E-state index is -2.73. The van der Waals surface area contributed by atoms with Gasteiger partial charge in [0.15, 0.2) is 5.78 Å². The minimum Gasteiger partial charge on any atom is -0.512 e. The molecule has 0 atom stereocenters. The predicted molar refractivity (Wildman–Crippen MR) is 177 cm³/mol. The van der Waals surface area contributed by atoms with Gasteiger partial charge in [0.1, 0.15) is 0 Å². The molecule has 0 amide bonds. The Hall–Kier alpha value is -3.33. The molecule has 3 nitrogen and oxygen atoms in total. The Morgan fingerprint density at radius 1 is 0.837 bits per heavy atom. The molecule has 43 heavy (non-hydrogen) atoms. The van der Waals surface area contributed by atoms with Crippen molar-refractivity contribution < 1.29 is 42.3 Å². The molecule has 0 bridgehead atoms. The molecule has 1 N–H and O–H groups in total. The van der Waals surface area contributed by atoms with Crippen LogP contribution in [0, 0.1) is 38.5 Å². The molecule has 3 aromatic carbocycles. The standard InChI is InChI=1S/C26H22N.C13H24O2.Ir/c1-18-14-23(21-10-6-4-7-11-21)15-19(2)26(18)24-16-25(27-17-20(24)3)22-12-8-5-9-13-22;1-5-10(6-2)12(14)9-13(15)11(7-3)8-4;/h4-12,14-17H,1-3H3;9-11,14H,5-8H2,1-4H3;/q-1;;/b;12-9-;/i1D3,2D3,3D3;;. The Morgan fingerprint density at radius 2 is 1.44 bits per heavy atom. The Bertz CT molecular complexity index is 1740. The van der Waals surface area contributed by atoms with Crippen LogP contribution in [-0.2, 0) is 24.9 Å². The van der Waals surface area contributed by atoms with E-state index in [4.69, 9.17) is 12.3 Å². The molecule has 4 rings (SSSR count). The summed E-state index contributed by atoms with van der Waals surface area (Å²) in [6.07, 6.45) is 6.07. The molecule has 229 valence electrons. The third-order valence-electron chi connectivity index (χ3n) is 7.49. The number of aliphatic hydroxyl groups is 1. The number of rotatable bonds is 10. The molecule has 0 saturated heterocycles. The average Bonchev–Trinajstić information content (AvgIpc) is 3.08. The molecule has 4 heteroatoms. The van der Waals surface area contributed by atoms with Crippen LogP contribution in [0.3, 0.4) is 0 Å². The molecule has 4 aromatic rings. The summed E-state index contributed by atoms with van der Waals surface area (Å²) in [4.78, 5) is 16.0. The summed E-state index contributed by atoms with van der Waals surface area (Å²) < 4.78 is 73.7. The number of benzene rings is 3. The molecular formula is C39H46IrNO2-. The van der Waals surface area contributed by atoms with Gasteiger partial charge >= 0.3 is 0 Å². The van der Waals surface area contributed by atoms with Crippen LogP contribution in [0.15, 0.2) is 90.8 Å². The summed E-state index contributed by atoms with van der Waals surface area (Å²) in [5, 5.41) is 9.76. The van der Waals surface area contributed by atoms with Crippen LogP contribution in [0.5, 0.6) is 0 Å². The van der Waals surface area contributed by atoms with Gasteiger partial charge in [0, 0.05) is 56.6 Å².